The predicted molar refractivity (Wildman–Crippen MR) is 83.3 cm³/mol. The van der Waals surface area contributed by atoms with Crippen LogP contribution in [0.15, 0.2) is 42.5 Å². The summed E-state index contributed by atoms with van der Waals surface area (Å²) in [4.78, 5) is 20.3. The van der Waals surface area contributed by atoms with Crippen LogP contribution in [-0.4, -0.2) is 54.3 Å². The molecule has 0 aliphatic carbocycles. The van der Waals surface area contributed by atoms with Crippen molar-refractivity contribution in [2.75, 3.05) is 27.2 Å². The van der Waals surface area contributed by atoms with Crippen LogP contribution in [0, 0.1) is 0 Å². The fraction of sp³-hybridized carbons (Fsp3) is 0.250. The molecule has 22 heavy (non-hydrogen) atoms. The van der Waals surface area contributed by atoms with E-state index in [9.17, 15) is 0 Å². The Kier molecular flexibility index (Phi) is 6.85. The first-order valence-corrected chi connectivity index (χ1v) is 6.62. The molecule has 0 aliphatic heterocycles. The molecule has 0 saturated heterocycles. The van der Waals surface area contributed by atoms with Crippen molar-refractivity contribution in [3.8, 4) is 5.75 Å². The van der Waals surface area contributed by atoms with Crippen LogP contribution in [0.5, 0.6) is 5.75 Å². The molecule has 2 aromatic rings. The van der Waals surface area contributed by atoms with E-state index >= 15 is 0 Å². The number of ether oxygens (including phenoxy) is 1. The minimum Gasteiger partial charge on any atom is -0.492 e. The highest BCUT2D eigenvalue weighted by atomic mass is 16.5. The molecular formula is C16H19NO5. The molecule has 6 heteroatoms. The zero-order valence-electron chi connectivity index (χ0n) is 12.5. The van der Waals surface area contributed by atoms with Gasteiger partial charge in [-0.1, -0.05) is 30.3 Å². The number of carbonyl (C=O) groups is 2. The minimum absolute atomic E-state index is 0.728. The van der Waals surface area contributed by atoms with E-state index in [0.717, 1.165) is 18.9 Å². The van der Waals surface area contributed by atoms with Crippen molar-refractivity contribution in [1.82, 2.24) is 4.90 Å². The lowest BCUT2D eigenvalue weighted by molar-refractivity contribution is -0.159. The first kappa shape index (κ1) is 17.5. The molecule has 0 aliphatic rings. The van der Waals surface area contributed by atoms with Crippen LogP contribution < -0.4 is 4.74 Å². The van der Waals surface area contributed by atoms with Crippen LogP contribution in [0.25, 0.3) is 10.8 Å². The Hall–Kier alpha value is -2.60. The highest BCUT2D eigenvalue weighted by molar-refractivity contribution is 6.27. The lowest BCUT2D eigenvalue weighted by atomic mass is 10.1. The largest absolute Gasteiger partial charge is 0.492 e. The molecule has 0 bridgehead atoms. The molecule has 0 fully saturated rings. The molecule has 0 unspecified atom stereocenters. The molecule has 2 N–H and O–H groups in total. The normalized spacial score (nSPS) is 9.95. The van der Waals surface area contributed by atoms with Gasteiger partial charge in [-0.3, -0.25) is 0 Å². The van der Waals surface area contributed by atoms with Crippen molar-refractivity contribution in [2.24, 2.45) is 0 Å². The van der Waals surface area contributed by atoms with Crippen LogP contribution in [0.2, 0.25) is 0 Å². The smallest absolute Gasteiger partial charge is 0.414 e. The van der Waals surface area contributed by atoms with E-state index in [-0.39, 0.29) is 0 Å². The van der Waals surface area contributed by atoms with Crippen molar-refractivity contribution in [3.63, 3.8) is 0 Å². The fourth-order valence-electron chi connectivity index (χ4n) is 1.60. The standard InChI is InChI=1S/C14H17NO.C2H2O4/c1-15(2)9-10-16-14-8-7-12-5-3-4-6-13(12)11-14;3-1(4)2(5)6/h3-8,11H,9-10H2,1-2H3;(H,3,4)(H,5,6). The summed E-state index contributed by atoms with van der Waals surface area (Å²) in [6.07, 6.45) is 0. The Bertz CT molecular complexity index is 627. The van der Waals surface area contributed by atoms with Gasteiger partial charge in [0.1, 0.15) is 12.4 Å². The van der Waals surface area contributed by atoms with E-state index in [2.05, 4.69) is 35.2 Å². The van der Waals surface area contributed by atoms with Gasteiger partial charge in [0.25, 0.3) is 0 Å². The van der Waals surface area contributed by atoms with Crippen molar-refractivity contribution in [3.05, 3.63) is 42.5 Å². The molecule has 0 radical (unpaired) electrons. The van der Waals surface area contributed by atoms with Crippen molar-refractivity contribution >= 4 is 22.7 Å². The van der Waals surface area contributed by atoms with E-state index in [1.165, 1.54) is 10.8 Å². The number of likely N-dealkylation sites (N-methyl/N-ethyl adjacent to an activating group) is 1. The first-order valence-electron chi connectivity index (χ1n) is 6.62. The molecule has 0 amide bonds. The van der Waals surface area contributed by atoms with Crippen molar-refractivity contribution < 1.29 is 24.5 Å². The molecule has 0 saturated carbocycles. The number of aliphatic carboxylic acids is 2. The average Bonchev–Trinajstić information content (AvgIpc) is 2.47. The van der Waals surface area contributed by atoms with Gasteiger partial charge < -0.3 is 19.8 Å². The maximum Gasteiger partial charge on any atom is 0.414 e. The number of nitrogens with zero attached hydrogens (tertiary/aromatic N) is 1. The van der Waals surface area contributed by atoms with Crippen LogP contribution >= 0.6 is 0 Å². The van der Waals surface area contributed by atoms with Crippen LogP contribution in [0.3, 0.4) is 0 Å². The maximum atomic E-state index is 9.10. The SMILES string of the molecule is CN(C)CCOc1ccc2ccccc2c1.O=C(O)C(=O)O. The molecular weight excluding hydrogens is 286 g/mol. The second-order valence-corrected chi connectivity index (χ2v) is 4.77. The lowest BCUT2D eigenvalue weighted by Gasteiger charge is -2.11. The van der Waals surface area contributed by atoms with Crippen molar-refractivity contribution in [2.45, 2.75) is 0 Å². The van der Waals surface area contributed by atoms with Crippen molar-refractivity contribution in [1.29, 1.82) is 0 Å². The lowest BCUT2D eigenvalue weighted by Crippen LogP contribution is -2.19. The van der Waals surface area contributed by atoms with E-state index in [1.54, 1.807) is 0 Å². The fourth-order valence-corrected chi connectivity index (χ4v) is 1.60. The van der Waals surface area contributed by atoms with E-state index in [4.69, 9.17) is 24.5 Å². The second-order valence-electron chi connectivity index (χ2n) is 4.77. The molecule has 0 aromatic heterocycles. The third-order valence-corrected chi connectivity index (χ3v) is 2.71. The third-order valence-electron chi connectivity index (χ3n) is 2.71. The summed E-state index contributed by atoms with van der Waals surface area (Å²) >= 11 is 0. The number of fused-ring (bicyclic) bond motifs is 1. The third kappa shape index (κ3) is 6.23. The Balaban J connectivity index is 0.000000346. The Morgan fingerprint density at radius 1 is 1.00 bits per heavy atom. The number of benzene rings is 2. The zero-order chi connectivity index (χ0) is 16.5. The van der Waals surface area contributed by atoms with Gasteiger partial charge in [-0.15, -0.1) is 0 Å². The highest BCUT2D eigenvalue weighted by Gasteiger charge is 2.04. The van der Waals surface area contributed by atoms with Gasteiger partial charge in [0, 0.05) is 6.54 Å². The molecule has 0 heterocycles. The van der Waals surface area contributed by atoms with E-state index in [1.807, 2.05) is 26.2 Å². The van der Waals surface area contributed by atoms with Gasteiger partial charge in [0.15, 0.2) is 0 Å². The number of carboxylic acid groups (broad SMARTS) is 2. The molecule has 0 spiro atoms. The topological polar surface area (TPSA) is 87.1 Å². The predicted octanol–water partition coefficient (Wildman–Crippen LogP) is 1.94. The van der Waals surface area contributed by atoms with Crippen LogP contribution in [-0.2, 0) is 9.59 Å². The highest BCUT2D eigenvalue weighted by Crippen LogP contribution is 2.20. The van der Waals surface area contributed by atoms with Gasteiger partial charge in [-0.05, 0) is 37.0 Å². The Morgan fingerprint density at radius 2 is 1.59 bits per heavy atom. The van der Waals surface area contributed by atoms with Crippen LogP contribution in [0.1, 0.15) is 0 Å². The molecule has 2 rings (SSSR count). The Labute approximate surface area is 128 Å². The monoisotopic (exact) mass is 305 g/mol. The summed E-state index contributed by atoms with van der Waals surface area (Å²) < 4.78 is 5.68. The molecule has 0 atom stereocenters. The van der Waals surface area contributed by atoms with E-state index in [0.29, 0.717) is 0 Å². The molecule has 118 valence electrons. The summed E-state index contributed by atoms with van der Waals surface area (Å²) in [5.74, 6) is -2.70. The first-order chi connectivity index (χ1) is 10.4. The quantitative estimate of drug-likeness (QED) is 0.839. The number of hydrogen-bond acceptors (Lipinski definition) is 4. The molecule has 2 aromatic carbocycles. The summed E-state index contributed by atoms with van der Waals surface area (Å²) in [5, 5.41) is 17.3. The average molecular weight is 305 g/mol. The second kappa shape index (κ2) is 8.63. The minimum atomic E-state index is -1.82. The van der Waals surface area contributed by atoms with Gasteiger partial charge in [0.05, 0.1) is 0 Å². The summed E-state index contributed by atoms with van der Waals surface area (Å²) in [5.41, 5.74) is 0. The van der Waals surface area contributed by atoms with Gasteiger partial charge >= 0.3 is 11.9 Å². The van der Waals surface area contributed by atoms with Gasteiger partial charge in [-0.25, -0.2) is 9.59 Å². The van der Waals surface area contributed by atoms with Crippen LogP contribution in [0.4, 0.5) is 0 Å². The number of hydrogen-bond donors (Lipinski definition) is 2. The summed E-state index contributed by atoms with van der Waals surface area (Å²) in [6, 6.07) is 14.5. The number of rotatable bonds is 4. The number of carboxylic acids is 2. The van der Waals surface area contributed by atoms with Gasteiger partial charge in [-0.2, -0.15) is 0 Å². The van der Waals surface area contributed by atoms with Gasteiger partial charge in [0.2, 0.25) is 0 Å². The summed E-state index contributed by atoms with van der Waals surface area (Å²) in [6.45, 7) is 1.66. The summed E-state index contributed by atoms with van der Waals surface area (Å²) in [7, 11) is 4.09. The molecule has 6 nitrogen and oxygen atoms in total. The Morgan fingerprint density at radius 3 is 2.14 bits per heavy atom. The zero-order valence-corrected chi connectivity index (χ0v) is 12.5. The van der Waals surface area contributed by atoms with E-state index < -0.39 is 11.9 Å². The maximum absolute atomic E-state index is 9.10.